The molecule has 2 amide bonds. The van der Waals surface area contributed by atoms with Gasteiger partial charge in [0.15, 0.2) is 0 Å². The molecule has 148 valence electrons. The molecule has 0 radical (unpaired) electrons. The maximum absolute atomic E-state index is 12.9. The number of nitrogens with one attached hydrogen (secondary N) is 3. The highest BCUT2D eigenvalue weighted by Crippen LogP contribution is 2.37. The molecule has 0 saturated heterocycles. The van der Waals surface area contributed by atoms with Gasteiger partial charge in [-0.25, -0.2) is 12.8 Å². The van der Waals surface area contributed by atoms with Crippen LogP contribution in [0.25, 0.3) is 0 Å². The summed E-state index contributed by atoms with van der Waals surface area (Å²) in [5, 5.41) is 5.21. The van der Waals surface area contributed by atoms with E-state index in [4.69, 9.17) is 0 Å². The molecule has 1 fully saturated rings. The van der Waals surface area contributed by atoms with E-state index in [9.17, 15) is 22.4 Å². The Morgan fingerprint density at radius 2 is 1.61 bits per heavy atom. The predicted molar refractivity (Wildman–Crippen MR) is 103 cm³/mol. The molecule has 3 N–H and O–H groups in total. The summed E-state index contributed by atoms with van der Waals surface area (Å²) in [6, 6.07) is 10.5. The van der Waals surface area contributed by atoms with Gasteiger partial charge in [-0.3, -0.25) is 14.3 Å². The van der Waals surface area contributed by atoms with Crippen LogP contribution < -0.4 is 15.4 Å². The van der Waals surface area contributed by atoms with Gasteiger partial charge in [-0.15, -0.1) is 0 Å². The summed E-state index contributed by atoms with van der Waals surface area (Å²) in [5.74, 6) is -0.646. The number of amides is 2. The van der Waals surface area contributed by atoms with Crippen molar-refractivity contribution in [3.05, 3.63) is 54.3 Å². The van der Waals surface area contributed by atoms with Gasteiger partial charge in [0.25, 0.3) is 10.0 Å². The van der Waals surface area contributed by atoms with E-state index in [1.54, 1.807) is 0 Å². The molecule has 2 aromatic carbocycles. The molecule has 1 saturated carbocycles. The highest BCUT2D eigenvalue weighted by atomic mass is 32.2. The van der Waals surface area contributed by atoms with E-state index in [0.717, 1.165) is 18.6 Å². The monoisotopic (exact) mass is 405 g/mol. The topological polar surface area (TPSA) is 104 Å². The van der Waals surface area contributed by atoms with E-state index >= 15 is 0 Å². The Morgan fingerprint density at radius 1 is 1.04 bits per heavy atom. The van der Waals surface area contributed by atoms with E-state index in [2.05, 4.69) is 15.4 Å². The fourth-order valence-corrected chi connectivity index (χ4v) is 3.70. The summed E-state index contributed by atoms with van der Waals surface area (Å²) in [4.78, 5) is 23.5. The molecular weight excluding hydrogens is 385 g/mol. The van der Waals surface area contributed by atoms with Crippen LogP contribution in [0, 0.1) is 17.7 Å². The second-order valence-corrected chi connectivity index (χ2v) is 8.40. The molecule has 2 atom stereocenters. The third-order valence-corrected chi connectivity index (χ3v) is 5.81. The second kappa shape index (κ2) is 7.97. The van der Waals surface area contributed by atoms with Gasteiger partial charge in [-0.05, 0) is 60.9 Å². The molecular formula is C19H20FN3O4S. The lowest BCUT2D eigenvalue weighted by atomic mass is 10.3. The molecule has 28 heavy (non-hydrogen) atoms. The van der Waals surface area contributed by atoms with Gasteiger partial charge < -0.3 is 10.6 Å². The molecule has 0 heterocycles. The largest absolute Gasteiger partial charge is 0.347 e. The van der Waals surface area contributed by atoms with Gasteiger partial charge in [0.1, 0.15) is 5.82 Å². The Bertz CT molecular complexity index is 975. The number of sulfonamides is 1. The van der Waals surface area contributed by atoms with Crippen molar-refractivity contribution in [2.45, 2.75) is 18.2 Å². The van der Waals surface area contributed by atoms with Crippen LogP contribution in [0.4, 0.5) is 15.8 Å². The average Bonchev–Trinajstić information content (AvgIpc) is 3.38. The average molecular weight is 405 g/mol. The SMILES string of the molecule is C[C@@H]1C[C@H]1C(=O)NCC(=O)Nc1ccc(NS(=O)(=O)c2ccc(F)cc2)cc1. The maximum Gasteiger partial charge on any atom is 0.261 e. The molecule has 3 rings (SSSR count). The minimum absolute atomic E-state index is 0.00112. The first-order valence-electron chi connectivity index (χ1n) is 8.70. The van der Waals surface area contributed by atoms with Gasteiger partial charge in [0.2, 0.25) is 11.8 Å². The third-order valence-electron chi connectivity index (χ3n) is 4.41. The summed E-state index contributed by atoms with van der Waals surface area (Å²) in [6.45, 7) is 1.86. The van der Waals surface area contributed by atoms with Gasteiger partial charge in [-0.2, -0.15) is 0 Å². The van der Waals surface area contributed by atoms with Gasteiger partial charge in [-0.1, -0.05) is 6.92 Å². The molecule has 7 nitrogen and oxygen atoms in total. The van der Waals surface area contributed by atoms with E-state index in [1.165, 1.54) is 36.4 Å². The minimum atomic E-state index is -3.84. The molecule has 9 heteroatoms. The Hall–Kier alpha value is -2.94. The van der Waals surface area contributed by atoms with E-state index < -0.39 is 15.8 Å². The molecule has 0 unspecified atom stereocenters. The number of halogens is 1. The second-order valence-electron chi connectivity index (χ2n) is 6.72. The van der Waals surface area contributed by atoms with Gasteiger partial charge in [0.05, 0.1) is 11.4 Å². The summed E-state index contributed by atoms with van der Waals surface area (Å²) < 4.78 is 39.8. The van der Waals surface area contributed by atoms with Crippen LogP contribution >= 0.6 is 0 Å². The molecule has 1 aliphatic carbocycles. The summed E-state index contributed by atoms with van der Waals surface area (Å²) in [6.07, 6.45) is 0.850. The van der Waals surface area contributed by atoms with Crippen molar-refractivity contribution in [3.63, 3.8) is 0 Å². The minimum Gasteiger partial charge on any atom is -0.347 e. The van der Waals surface area contributed by atoms with Crippen LogP contribution in [-0.2, 0) is 19.6 Å². The predicted octanol–water partition coefficient (Wildman–Crippen LogP) is 2.34. The van der Waals surface area contributed by atoms with E-state index in [0.29, 0.717) is 17.3 Å². The van der Waals surface area contributed by atoms with Gasteiger partial charge >= 0.3 is 0 Å². The van der Waals surface area contributed by atoms with Crippen molar-refractivity contribution in [2.24, 2.45) is 11.8 Å². The summed E-state index contributed by atoms with van der Waals surface area (Å²) in [5.41, 5.74) is 0.752. The maximum atomic E-state index is 12.9. The number of hydrogen-bond donors (Lipinski definition) is 3. The summed E-state index contributed by atoms with van der Waals surface area (Å²) >= 11 is 0. The zero-order valence-electron chi connectivity index (χ0n) is 15.1. The standard InChI is InChI=1S/C19H20FN3O4S/c1-12-10-17(12)19(25)21-11-18(24)22-14-4-6-15(7-5-14)23-28(26,27)16-8-2-13(20)3-9-16/h2-9,12,17,23H,10-11H2,1H3,(H,21,25)(H,22,24)/t12-,17-/m1/s1. The van der Waals surface area contributed by atoms with E-state index in [1.807, 2.05) is 6.92 Å². The third kappa shape index (κ3) is 5.07. The van der Waals surface area contributed by atoms with Crippen molar-refractivity contribution in [1.82, 2.24) is 5.32 Å². The molecule has 0 aromatic heterocycles. The van der Waals surface area contributed by atoms with Crippen LogP contribution in [0.5, 0.6) is 0 Å². The zero-order valence-corrected chi connectivity index (χ0v) is 15.9. The van der Waals surface area contributed by atoms with Crippen LogP contribution in [0.2, 0.25) is 0 Å². The number of benzene rings is 2. The van der Waals surface area contributed by atoms with Crippen LogP contribution in [0.1, 0.15) is 13.3 Å². The highest BCUT2D eigenvalue weighted by Gasteiger charge is 2.38. The normalized spacial score (nSPS) is 18.2. The molecule has 2 aromatic rings. The first-order chi connectivity index (χ1) is 13.2. The fraction of sp³-hybridized carbons (Fsp3) is 0.263. The van der Waals surface area contributed by atoms with Crippen LogP contribution in [0.3, 0.4) is 0 Å². The number of carbonyl (C=O) groups excluding carboxylic acids is 2. The van der Waals surface area contributed by atoms with Crippen molar-refractivity contribution in [1.29, 1.82) is 0 Å². The Balaban J connectivity index is 1.53. The summed E-state index contributed by atoms with van der Waals surface area (Å²) in [7, 11) is -3.84. The first kappa shape index (κ1) is 19.8. The molecule has 0 aliphatic heterocycles. The van der Waals surface area contributed by atoms with Crippen molar-refractivity contribution >= 4 is 33.2 Å². The quantitative estimate of drug-likeness (QED) is 0.658. The van der Waals surface area contributed by atoms with Crippen molar-refractivity contribution < 1.29 is 22.4 Å². The van der Waals surface area contributed by atoms with Gasteiger partial charge in [0, 0.05) is 17.3 Å². The Morgan fingerprint density at radius 3 is 2.18 bits per heavy atom. The lowest BCUT2D eigenvalue weighted by Gasteiger charge is -2.10. The number of rotatable bonds is 7. The first-order valence-corrected chi connectivity index (χ1v) is 10.2. The Labute approximate surface area is 162 Å². The van der Waals surface area contributed by atoms with Crippen LogP contribution in [0.15, 0.2) is 53.4 Å². The number of anilines is 2. The number of hydrogen-bond acceptors (Lipinski definition) is 4. The molecule has 1 aliphatic rings. The van der Waals surface area contributed by atoms with Crippen molar-refractivity contribution in [2.75, 3.05) is 16.6 Å². The smallest absolute Gasteiger partial charge is 0.261 e. The Kier molecular flexibility index (Phi) is 5.64. The molecule has 0 bridgehead atoms. The zero-order chi connectivity index (χ0) is 20.3. The number of carbonyl (C=O) groups is 2. The fourth-order valence-electron chi connectivity index (χ4n) is 2.64. The van der Waals surface area contributed by atoms with E-state index in [-0.39, 0.29) is 29.2 Å². The lowest BCUT2D eigenvalue weighted by molar-refractivity contribution is -0.125. The molecule has 0 spiro atoms. The van der Waals surface area contributed by atoms with Crippen molar-refractivity contribution in [3.8, 4) is 0 Å². The highest BCUT2D eigenvalue weighted by molar-refractivity contribution is 7.92. The van der Waals surface area contributed by atoms with Crippen LogP contribution in [-0.4, -0.2) is 26.8 Å². The lowest BCUT2D eigenvalue weighted by Crippen LogP contribution is -2.34.